The molecule has 120 valence electrons. The lowest BCUT2D eigenvalue weighted by atomic mass is 9.95. The van der Waals surface area contributed by atoms with Crippen molar-refractivity contribution < 1.29 is 14.7 Å². The fourth-order valence-corrected chi connectivity index (χ4v) is 3.38. The Hall–Kier alpha value is -1.10. The van der Waals surface area contributed by atoms with Crippen molar-refractivity contribution in [2.24, 2.45) is 17.8 Å². The van der Waals surface area contributed by atoms with Crippen molar-refractivity contribution in [3.8, 4) is 0 Å². The SMILES string of the molecule is CC(C)C(=O)N1CCCC(C(=O)NCC2CCC(O)C2)C1. The third kappa shape index (κ3) is 4.43. The van der Waals surface area contributed by atoms with Crippen LogP contribution in [0.25, 0.3) is 0 Å². The third-order valence-corrected chi connectivity index (χ3v) is 4.68. The summed E-state index contributed by atoms with van der Waals surface area (Å²) in [6, 6.07) is 0. The lowest BCUT2D eigenvalue weighted by molar-refractivity contribution is -0.138. The summed E-state index contributed by atoms with van der Waals surface area (Å²) < 4.78 is 0. The molecule has 2 aliphatic rings. The summed E-state index contributed by atoms with van der Waals surface area (Å²) in [7, 11) is 0. The molecule has 21 heavy (non-hydrogen) atoms. The zero-order valence-corrected chi connectivity index (χ0v) is 13.2. The predicted molar refractivity (Wildman–Crippen MR) is 80.5 cm³/mol. The van der Waals surface area contributed by atoms with E-state index >= 15 is 0 Å². The number of aliphatic hydroxyl groups is 1. The van der Waals surface area contributed by atoms with Crippen LogP contribution in [0.1, 0.15) is 46.0 Å². The second-order valence-electron chi connectivity index (χ2n) is 6.86. The minimum atomic E-state index is -0.194. The van der Waals surface area contributed by atoms with Gasteiger partial charge in [-0.3, -0.25) is 9.59 Å². The van der Waals surface area contributed by atoms with Gasteiger partial charge in [-0.15, -0.1) is 0 Å². The van der Waals surface area contributed by atoms with Crippen LogP contribution in [0.2, 0.25) is 0 Å². The van der Waals surface area contributed by atoms with E-state index < -0.39 is 0 Å². The largest absolute Gasteiger partial charge is 0.393 e. The Morgan fingerprint density at radius 1 is 1.29 bits per heavy atom. The van der Waals surface area contributed by atoms with Gasteiger partial charge in [0.2, 0.25) is 11.8 Å². The van der Waals surface area contributed by atoms with Gasteiger partial charge in [0, 0.05) is 25.6 Å². The van der Waals surface area contributed by atoms with Gasteiger partial charge in [-0.05, 0) is 38.0 Å². The minimum absolute atomic E-state index is 0.00760. The van der Waals surface area contributed by atoms with Crippen molar-refractivity contribution in [2.75, 3.05) is 19.6 Å². The number of piperidine rings is 1. The second-order valence-corrected chi connectivity index (χ2v) is 6.86. The molecule has 1 aliphatic heterocycles. The summed E-state index contributed by atoms with van der Waals surface area (Å²) in [6.07, 6.45) is 4.20. The molecular weight excluding hydrogens is 268 g/mol. The molecule has 0 bridgehead atoms. The molecule has 1 saturated carbocycles. The monoisotopic (exact) mass is 296 g/mol. The maximum absolute atomic E-state index is 12.3. The van der Waals surface area contributed by atoms with Crippen molar-refractivity contribution in [1.82, 2.24) is 10.2 Å². The lowest BCUT2D eigenvalue weighted by Gasteiger charge is -2.33. The van der Waals surface area contributed by atoms with E-state index in [-0.39, 0.29) is 29.8 Å². The minimum Gasteiger partial charge on any atom is -0.393 e. The van der Waals surface area contributed by atoms with Gasteiger partial charge in [-0.1, -0.05) is 13.8 Å². The number of aliphatic hydroxyl groups excluding tert-OH is 1. The fourth-order valence-electron chi connectivity index (χ4n) is 3.38. The molecule has 0 radical (unpaired) electrons. The van der Waals surface area contributed by atoms with Gasteiger partial charge in [0.15, 0.2) is 0 Å². The van der Waals surface area contributed by atoms with Gasteiger partial charge in [-0.25, -0.2) is 0 Å². The molecule has 3 atom stereocenters. The molecule has 2 N–H and O–H groups in total. The van der Waals surface area contributed by atoms with Crippen LogP contribution in [0.4, 0.5) is 0 Å². The molecule has 0 spiro atoms. The molecule has 0 aromatic heterocycles. The Morgan fingerprint density at radius 2 is 2.05 bits per heavy atom. The molecule has 2 rings (SSSR count). The normalized spacial score (nSPS) is 29.7. The first-order valence-corrected chi connectivity index (χ1v) is 8.22. The van der Waals surface area contributed by atoms with Crippen molar-refractivity contribution in [2.45, 2.75) is 52.1 Å². The van der Waals surface area contributed by atoms with Crippen LogP contribution in [0.15, 0.2) is 0 Å². The standard InChI is InChI=1S/C16H28N2O3/c1-11(2)16(21)18-7-3-4-13(10-18)15(20)17-9-12-5-6-14(19)8-12/h11-14,19H,3-10H2,1-2H3,(H,17,20). The summed E-state index contributed by atoms with van der Waals surface area (Å²) in [5.74, 6) is 0.532. The highest BCUT2D eigenvalue weighted by Crippen LogP contribution is 2.25. The van der Waals surface area contributed by atoms with E-state index in [1.165, 1.54) is 0 Å². The van der Waals surface area contributed by atoms with E-state index in [9.17, 15) is 14.7 Å². The van der Waals surface area contributed by atoms with Gasteiger partial charge in [-0.2, -0.15) is 0 Å². The van der Waals surface area contributed by atoms with E-state index in [0.29, 0.717) is 19.0 Å². The zero-order chi connectivity index (χ0) is 15.4. The smallest absolute Gasteiger partial charge is 0.225 e. The molecule has 0 aromatic rings. The Morgan fingerprint density at radius 3 is 2.67 bits per heavy atom. The first-order chi connectivity index (χ1) is 9.97. The van der Waals surface area contributed by atoms with E-state index in [0.717, 1.165) is 38.6 Å². The maximum Gasteiger partial charge on any atom is 0.225 e. The van der Waals surface area contributed by atoms with Gasteiger partial charge < -0.3 is 15.3 Å². The fraction of sp³-hybridized carbons (Fsp3) is 0.875. The number of carbonyl (C=O) groups excluding carboxylic acids is 2. The number of likely N-dealkylation sites (tertiary alicyclic amines) is 1. The molecule has 2 amide bonds. The van der Waals surface area contributed by atoms with Crippen LogP contribution in [-0.4, -0.2) is 47.6 Å². The zero-order valence-electron chi connectivity index (χ0n) is 13.2. The lowest BCUT2D eigenvalue weighted by Crippen LogP contribution is -2.47. The Balaban J connectivity index is 1.78. The quantitative estimate of drug-likeness (QED) is 0.818. The maximum atomic E-state index is 12.3. The summed E-state index contributed by atoms with van der Waals surface area (Å²) in [5, 5.41) is 12.5. The first kappa shape index (κ1) is 16.3. The number of rotatable bonds is 4. The summed E-state index contributed by atoms with van der Waals surface area (Å²) in [6.45, 7) is 5.78. The third-order valence-electron chi connectivity index (χ3n) is 4.68. The summed E-state index contributed by atoms with van der Waals surface area (Å²) in [4.78, 5) is 26.1. The van der Waals surface area contributed by atoms with Crippen molar-refractivity contribution >= 4 is 11.8 Å². The number of hydrogen-bond donors (Lipinski definition) is 2. The van der Waals surface area contributed by atoms with E-state index in [4.69, 9.17) is 0 Å². The van der Waals surface area contributed by atoms with E-state index in [2.05, 4.69) is 5.32 Å². The highest BCUT2D eigenvalue weighted by atomic mass is 16.3. The second kappa shape index (κ2) is 7.25. The highest BCUT2D eigenvalue weighted by Gasteiger charge is 2.30. The molecule has 1 heterocycles. The molecule has 1 aliphatic carbocycles. The molecular formula is C16H28N2O3. The molecule has 5 heteroatoms. The Bertz CT molecular complexity index is 384. The number of carbonyl (C=O) groups is 2. The Kier molecular flexibility index (Phi) is 5.62. The highest BCUT2D eigenvalue weighted by molar-refractivity contribution is 5.82. The van der Waals surface area contributed by atoms with Crippen LogP contribution in [0, 0.1) is 17.8 Å². The summed E-state index contributed by atoms with van der Waals surface area (Å²) in [5.41, 5.74) is 0. The molecule has 1 saturated heterocycles. The molecule has 0 aromatic carbocycles. The van der Waals surface area contributed by atoms with Gasteiger partial charge in [0.05, 0.1) is 12.0 Å². The van der Waals surface area contributed by atoms with Crippen LogP contribution in [0.5, 0.6) is 0 Å². The van der Waals surface area contributed by atoms with Crippen LogP contribution in [0.3, 0.4) is 0 Å². The van der Waals surface area contributed by atoms with Crippen molar-refractivity contribution in [3.05, 3.63) is 0 Å². The number of nitrogens with one attached hydrogen (secondary N) is 1. The van der Waals surface area contributed by atoms with E-state index in [1.807, 2.05) is 18.7 Å². The average molecular weight is 296 g/mol. The van der Waals surface area contributed by atoms with Crippen LogP contribution < -0.4 is 5.32 Å². The Labute approximate surface area is 127 Å². The topological polar surface area (TPSA) is 69.6 Å². The van der Waals surface area contributed by atoms with E-state index in [1.54, 1.807) is 0 Å². The van der Waals surface area contributed by atoms with Crippen LogP contribution >= 0.6 is 0 Å². The average Bonchev–Trinajstić information content (AvgIpc) is 2.89. The van der Waals surface area contributed by atoms with Crippen molar-refractivity contribution in [1.29, 1.82) is 0 Å². The first-order valence-electron chi connectivity index (χ1n) is 8.22. The molecule has 3 unspecified atom stereocenters. The van der Waals surface area contributed by atoms with Gasteiger partial charge >= 0.3 is 0 Å². The van der Waals surface area contributed by atoms with Gasteiger partial charge in [0.25, 0.3) is 0 Å². The van der Waals surface area contributed by atoms with Gasteiger partial charge in [0.1, 0.15) is 0 Å². The molecule has 5 nitrogen and oxygen atoms in total. The number of nitrogens with zero attached hydrogens (tertiary/aromatic N) is 1. The van der Waals surface area contributed by atoms with Crippen LogP contribution in [-0.2, 0) is 9.59 Å². The molecule has 2 fully saturated rings. The summed E-state index contributed by atoms with van der Waals surface area (Å²) >= 11 is 0. The number of hydrogen-bond acceptors (Lipinski definition) is 3. The predicted octanol–water partition coefficient (Wildman–Crippen LogP) is 1.16. The van der Waals surface area contributed by atoms with Crippen molar-refractivity contribution in [3.63, 3.8) is 0 Å². The number of amides is 2.